The number of fused-ring (bicyclic) bond motifs is 1. The summed E-state index contributed by atoms with van der Waals surface area (Å²) in [4.78, 5) is 18.7. The lowest BCUT2D eigenvalue weighted by atomic mass is 10.1. The minimum atomic E-state index is -0.207. The van der Waals surface area contributed by atoms with Crippen LogP contribution in [0.15, 0.2) is 54.6 Å². The van der Waals surface area contributed by atoms with Gasteiger partial charge in [-0.1, -0.05) is 6.07 Å². The van der Waals surface area contributed by atoms with Crippen molar-refractivity contribution in [2.45, 2.75) is 6.42 Å². The van der Waals surface area contributed by atoms with Crippen molar-refractivity contribution in [2.24, 2.45) is 0 Å². The van der Waals surface area contributed by atoms with Crippen LogP contribution in [0, 0.1) is 0 Å². The summed E-state index contributed by atoms with van der Waals surface area (Å²) in [5.41, 5.74) is 9.54. The Morgan fingerprint density at radius 3 is 2.42 bits per heavy atom. The average Bonchev–Trinajstić information content (AvgIpc) is 3.19. The molecule has 0 unspecified atom stereocenters. The summed E-state index contributed by atoms with van der Waals surface area (Å²) in [6.07, 6.45) is 0.650. The summed E-state index contributed by atoms with van der Waals surface area (Å²) in [6, 6.07) is 17.2. The molecule has 2 aromatic carbocycles. The van der Waals surface area contributed by atoms with Crippen LogP contribution in [0.5, 0.6) is 17.2 Å². The number of carbonyl (C=O) groups excluding carboxylic acids is 1. The molecule has 0 aliphatic rings. The molecule has 170 valence electrons. The average molecular weight is 464 g/mol. The fraction of sp³-hybridized carbons (Fsp3) is 0.200. The van der Waals surface area contributed by atoms with Crippen molar-refractivity contribution < 1.29 is 19.0 Å². The maximum Gasteiger partial charge on any atom is 0.263 e. The topological polar surface area (TPSA) is 95.7 Å². The van der Waals surface area contributed by atoms with Crippen LogP contribution in [0.4, 0.5) is 5.69 Å². The molecule has 0 aliphatic carbocycles. The SMILES string of the molecule is COc1ccc(-c2ccc3c(N)c(C(=O)NCCc4ccc(OC)c(OC)c4)sc3n2)cc1. The molecule has 2 aromatic heterocycles. The highest BCUT2D eigenvalue weighted by Crippen LogP contribution is 2.34. The Labute approximate surface area is 196 Å². The van der Waals surface area contributed by atoms with Crippen LogP contribution in [-0.4, -0.2) is 38.8 Å². The molecule has 0 spiro atoms. The van der Waals surface area contributed by atoms with E-state index < -0.39 is 0 Å². The molecular weight excluding hydrogens is 438 g/mol. The molecule has 33 heavy (non-hydrogen) atoms. The maximum absolute atomic E-state index is 12.8. The van der Waals surface area contributed by atoms with Crippen molar-refractivity contribution in [3.63, 3.8) is 0 Å². The molecule has 3 N–H and O–H groups in total. The summed E-state index contributed by atoms with van der Waals surface area (Å²) < 4.78 is 15.8. The minimum absolute atomic E-state index is 0.207. The molecule has 0 aliphatic heterocycles. The second kappa shape index (κ2) is 9.79. The van der Waals surface area contributed by atoms with E-state index in [1.54, 1.807) is 21.3 Å². The number of nitrogens with zero attached hydrogens (tertiary/aromatic N) is 1. The van der Waals surface area contributed by atoms with Crippen LogP contribution in [0.1, 0.15) is 15.2 Å². The third kappa shape index (κ3) is 4.70. The van der Waals surface area contributed by atoms with Crippen molar-refractivity contribution >= 4 is 33.1 Å². The largest absolute Gasteiger partial charge is 0.497 e. The number of anilines is 1. The number of rotatable bonds is 8. The molecule has 8 heteroatoms. The van der Waals surface area contributed by atoms with Gasteiger partial charge in [-0.2, -0.15) is 0 Å². The predicted molar refractivity (Wildman–Crippen MR) is 132 cm³/mol. The summed E-state index contributed by atoms with van der Waals surface area (Å²) in [7, 11) is 4.83. The fourth-order valence-electron chi connectivity index (χ4n) is 3.53. The van der Waals surface area contributed by atoms with Crippen LogP contribution in [-0.2, 0) is 6.42 Å². The number of carbonyl (C=O) groups is 1. The molecule has 0 bridgehead atoms. The number of thiophene rings is 1. The highest BCUT2D eigenvalue weighted by Gasteiger charge is 2.18. The van der Waals surface area contributed by atoms with Gasteiger partial charge in [0.1, 0.15) is 15.5 Å². The number of methoxy groups -OCH3 is 3. The lowest BCUT2D eigenvalue weighted by Crippen LogP contribution is -2.25. The van der Waals surface area contributed by atoms with Gasteiger partial charge in [0.25, 0.3) is 5.91 Å². The molecule has 0 saturated carbocycles. The lowest BCUT2D eigenvalue weighted by molar-refractivity contribution is 0.0959. The highest BCUT2D eigenvalue weighted by molar-refractivity contribution is 7.21. The molecule has 0 radical (unpaired) electrons. The summed E-state index contributed by atoms with van der Waals surface area (Å²) >= 11 is 1.30. The Kier molecular flexibility index (Phi) is 6.65. The van der Waals surface area contributed by atoms with E-state index in [9.17, 15) is 4.79 Å². The van der Waals surface area contributed by atoms with Crippen molar-refractivity contribution in [3.8, 4) is 28.5 Å². The van der Waals surface area contributed by atoms with E-state index in [1.807, 2.05) is 54.6 Å². The van der Waals surface area contributed by atoms with Gasteiger partial charge in [-0.3, -0.25) is 4.79 Å². The zero-order valence-corrected chi connectivity index (χ0v) is 19.5. The van der Waals surface area contributed by atoms with Crippen LogP contribution < -0.4 is 25.3 Å². The first-order valence-electron chi connectivity index (χ1n) is 10.4. The third-order valence-corrected chi connectivity index (χ3v) is 6.45. The standard InChI is InChI=1S/C25H25N3O4S/c1-30-17-7-5-16(6-8-17)19-10-9-18-22(26)23(33-25(18)28-19)24(29)27-13-12-15-4-11-20(31-2)21(14-15)32-3/h4-11,14H,12-13,26H2,1-3H3,(H,27,29). The van der Waals surface area contributed by atoms with Gasteiger partial charge >= 0.3 is 0 Å². The first kappa shape index (κ1) is 22.4. The number of aromatic nitrogens is 1. The number of hydrogen-bond donors (Lipinski definition) is 2. The number of nitrogen functional groups attached to an aromatic ring is 1. The molecule has 1 amide bonds. The number of benzene rings is 2. The zero-order chi connectivity index (χ0) is 23.4. The van der Waals surface area contributed by atoms with Gasteiger partial charge < -0.3 is 25.3 Å². The molecule has 7 nitrogen and oxygen atoms in total. The molecule has 4 aromatic rings. The van der Waals surface area contributed by atoms with Gasteiger partial charge in [-0.25, -0.2) is 4.98 Å². The first-order valence-corrected chi connectivity index (χ1v) is 11.2. The van der Waals surface area contributed by atoms with Gasteiger partial charge in [0, 0.05) is 17.5 Å². The highest BCUT2D eigenvalue weighted by atomic mass is 32.1. The quantitative estimate of drug-likeness (QED) is 0.398. The maximum atomic E-state index is 12.8. The molecule has 0 atom stereocenters. The van der Waals surface area contributed by atoms with E-state index in [4.69, 9.17) is 24.9 Å². The Bertz CT molecular complexity index is 1290. The van der Waals surface area contributed by atoms with Gasteiger partial charge in [0.05, 0.1) is 32.7 Å². The number of ether oxygens (including phenoxy) is 3. The van der Waals surface area contributed by atoms with E-state index in [0.717, 1.165) is 32.8 Å². The predicted octanol–water partition coefficient (Wildman–Crippen LogP) is 4.54. The number of nitrogens with two attached hydrogens (primary N) is 1. The minimum Gasteiger partial charge on any atom is -0.497 e. The molecule has 2 heterocycles. The Balaban J connectivity index is 1.47. The number of amides is 1. The van der Waals surface area contributed by atoms with Crippen LogP contribution in [0.2, 0.25) is 0 Å². The van der Waals surface area contributed by atoms with Crippen molar-refractivity contribution in [1.29, 1.82) is 0 Å². The zero-order valence-electron chi connectivity index (χ0n) is 18.7. The van der Waals surface area contributed by atoms with E-state index >= 15 is 0 Å². The van der Waals surface area contributed by atoms with E-state index in [-0.39, 0.29) is 5.91 Å². The van der Waals surface area contributed by atoms with Gasteiger partial charge in [-0.05, 0) is 60.5 Å². The van der Waals surface area contributed by atoms with Crippen LogP contribution in [0.25, 0.3) is 21.5 Å². The number of pyridine rings is 1. The lowest BCUT2D eigenvalue weighted by Gasteiger charge is -2.10. The second-order valence-corrected chi connectivity index (χ2v) is 8.32. The second-order valence-electron chi connectivity index (χ2n) is 7.32. The molecule has 0 fully saturated rings. The molecule has 0 saturated heterocycles. The van der Waals surface area contributed by atoms with Crippen molar-refractivity contribution in [1.82, 2.24) is 10.3 Å². The Morgan fingerprint density at radius 2 is 1.73 bits per heavy atom. The fourth-order valence-corrected chi connectivity index (χ4v) is 4.54. The number of hydrogen-bond acceptors (Lipinski definition) is 7. The molecule has 4 rings (SSSR count). The van der Waals surface area contributed by atoms with Crippen molar-refractivity contribution in [3.05, 3.63) is 65.0 Å². The Hall–Kier alpha value is -3.78. The van der Waals surface area contributed by atoms with Crippen molar-refractivity contribution in [2.75, 3.05) is 33.6 Å². The van der Waals surface area contributed by atoms with Gasteiger partial charge in [0.2, 0.25) is 0 Å². The summed E-state index contributed by atoms with van der Waals surface area (Å²) in [5, 5.41) is 3.73. The van der Waals surface area contributed by atoms with Gasteiger partial charge in [0.15, 0.2) is 11.5 Å². The monoisotopic (exact) mass is 463 g/mol. The van der Waals surface area contributed by atoms with Crippen LogP contribution in [0.3, 0.4) is 0 Å². The van der Waals surface area contributed by atoms with Crippen LogP contribution >= 0.6 is 11.3 Å². The van der Waals surface area contributed by atoms with E-state index in [1.165, 1.54) is 11.3 Å². The third-order valence-electron chi connectivity index (χ3n) is 5.33. The summed E-state index contributed by atoms with van der Waals surface area (Å²) in [5.74, 6) is 1.91. The Morgan fingerprint density at radius 1 is 0.970 bits per heavy atom. The van der Waals surface area contributed by atoms with E-state index in [0.29, 0.717) is 35.0 Å². The molecular formula is C25H25N3O4S. The normalized spacial score (nSPS) is 10.8. The first-order chi connectivity index (χ1) is 16.0. The summed E-state index contributed by atoms with van der Waals surface area (Å²) in [6.45, 7) is 0.465. The smallest absolute Gasteiger partial charge is 0.263 e. The van der Waals surface area contributed by atoms with Gasteiger partial charge in [-0.15, -0.1) is 11.3 Å². The van der Waals surface area contributed by atoms with E-state index in [2.05, 4.69) is 5.32 Å². The number of nitrogens with one attached hydrogen (secondary N) is 1.